The van der Waals surface area contributed by atoms with Crippen molar-refractivity contribution < 1.29 is 12.8 Å². The van der Waals surface area contributed by atoms with Crippen molar-refractivity contribution in [2.75, 3.05) is 4.72 Å². The predicted octanol–water partition coefficient (Wildman–Crippen LogP) is 2.07. The maximum Gasteiger partial charge on any atom is 0.263 e. The Morgan fingerprint density at radius 1 is 1.28 bits per heavy atom. The fraction of sp³-hybridized carbons (Fsp3) is 0. The first-order chi connectivity index (χ1) is 8.47. The maximum absolute atomic E-state index is 13.0. The summed E-state index contributed by atoms with van der Waals surface area (Å²) in [4.78, 5) is 7.10. The van der Waals surface area contributed by atoms with E-state index in [-0.39, 0.29) is 16.0 Å². The largest absolute Gasteiger partial charge is 0.263 e. The third kappa shape index (κ3) is 2.93. The van der Waals surface area contributed by atoms with Crippen molar-refractivity contribution >= 4 is 27.4 Å². The van der Waals surface area contributed by atoms with Gasteiger partial charge in [0.25, 0.3) is 10.0 Å². The Labute approximate surface area is 108 Å². The lowest BCUT2D eigenvalue weighted by Gasteiger charge is -2.06. The summed E-state index contributed by atoms with van der Waals surface area (Å²) < 4.78 is 38.9. The van der Waals surface area contributed by atoms with Crippen LogP contribution in [-0.2, 0) is 10.0 Å². The van der Waals surface area contributed by atoms with Crippen LogP contribution in [0.1, 0.15) is 0 Å². The van der Waals surface area contributed by atoms with Gasteiger partial charge in [-0.05, 0) is 35.9 Å². The molecule has 2 aromatic rings. The molecule has 0 amide bonds. The van der Waals surface area contributed by atoms with Crippen molar-refractivity contribution in [3.8, 4) is 0 Å². The lowest BCUT2D eigenvalue weighted by atomic mass is 10.4. The van der Waals surface area contributed by atoms with Crippen molar-refractivity contribution in [3.05, 3.63) is 47.6 Å². The van der Waals surface area contributed by atoms with Crippen molar-refractivity contribution in [2.24, 2.45) is 0 Å². The lowest BCUT2D eigenvalue weighted by molar-refractivity contribution is 0.595. The summed E-state index contributed by atoms with van der Waals surface area (Å²) in [7, 11) is -3.89. The number of benzene rings is 1. The first-order valence-electron chi connectivity index (χ1n) is 4.74. The number of halogens is 2. The molecule has 0 spiro atoms. The van der Waals surface area contributed by atoms with Crippen LogP contribution >= 0.6 is 11.6 Å². The summed E-state index contributed by atoms with van der Waals surface area (Å²) in [6, 6.07) is 5.97. The molecule has 0 aliphatic rings. The van der Waals surface area contributed by atoms with Crippen molar-refractivity contribution in [1.82, 2.24) is 9.97 Å². The number of hydrogen-bond donors (Lipinski definition) is 1. The molecule has 1 aromatic heterocycles. The smallest absolute Gasteiger partial charge is 0.263 e. The summed E-state index contributed by atoms with van der Waals surface area (Å²) in [6.07, 6.45) is 1.30. The van der Waals surface area contributed by atoms with Gasteiger partial charge in [-0.25, -0.2) is 17.8 Å². The van der Waals surface area contributed by atoms with Gasteiger partial charge >= 0.3 is 0 Å². The first kappa shape index (κ1) is 12.7. The van der Waals surface area contributed by atoms with Crippen LogP contribution in [0.15, 0.2) is 41.4 Å². The van der Waals surface area contributed by atoms with Crippen LogP contribution in [-0.4, -0.2) is 18.4 Å². The van der Waals surface area contributed by atoms with Gasteiger partial charge in [-0.3, -0.25) is 4.72 Å². The fourth-order valence-electron chi connectivity index (χ4n) is 1.22. The monoisotopic (exact) mass is 287 g/mol. The highest BCUT2D eigenvalue weighted by molar-refractivity contribution is 7.92. The molecular weight excluding hydrogens is 281 g/mol. The number of rotatable bonds is 3. The second-order valence-electron chi connectivity index (χ2n) is 3.27. The maximum atomic E-state index is 13.0. The molecule has 1 heterocycles. The van der Waals surface area contributed by atoms with E-state index in [9.17, 15) is 12.8 Å². The summed E-state index contributed by atoms with van der Waals surface area (Å²) in [5.74, 6) is -0.627. The summed E-state index contributed by atoms with van der Waals surface area (Å²) in [6.45, 7) is 0. The summed E-state index contributed by atoms with van der Waals surface area (Å²) in [5.41, 5.74) is 0. The van der Waals surface area contributed by atoms with Crippen LogP contribution in [0.25, 0.3) is 0 Å². The molecule has 5 nitrogen and oxygen atoms in total. The minimum Gasteiger partial charge on any atom is -0.263 e. The Bertz CT molecular complexity index is 678. The Hall–Kier alpha value is -1.73. The van der Waals surface area contributed by atoms with E-state index in [0.717, 1.165) is 12.1 Å². The van der Waals surface area contributed by atoms with E-state index >= 15 is 0 Å². The zero-order valence-corrected chi connectivity index (χ0v) is 10.4. The van der Waals surface area contributed by atoms with Crippen LogP contribution in [0.3, 0.4) is 0 Å². The van der Waals surface area contributed by atoms with Gasteiger partial charge in [0.1, 0.15) is 11.6 Å². The van der Waals surface area contributed by atoms with Crippen LogP contribution in [0, 0.1) is 5.82 Å². The number of anilines is 1. The molecule has 0 unspecified atom stereocenters. The molecule has 0 aliphatic heterocycles. The molecule has 94 valence electrons. The minimum atomic E-state index is -3.89. The first-order valence-corrected chi connectivity index (χ1v) is 6.60. The molecule has 0 bridgehead atoms. The molecule has 1 aromatic carbocycles. The van der Waals surface area contributed by atoms with Gasteiger partial charge in [-0.15, -0.1) is 0 Å². The normalized spacial score (nSPS) is 11.2. The van der Waals surface area contributed by atoms with E-state index in [1.54, 1.807) is 0 Å². The average Bonchev–Trinajstić information content (AvgIpc) is 2.28. The van der Waals surface area contributed by atoms with Gasteiger partial charge in [-0.1, -0.05) is 6.07 Å². The minimum absolute atomic E-state index is 0.0132. The highest BCUT2D eigenvalue weighted by Gasteiger charge is 2.15. The molecule has 0 aliphatic carbocycles. The topological polar surface area (TPSA) is 72.0 Å². The fourth-order valence-corrected chi connectivity index (χ4v) is 2.40. The lowest BCUT2D eigenvalue weighted by Crippen LogP contribution is -2.14. The molecule has 2 rings (SSSR count). The second-order valence-corrected chi connectivity index (χ2v) is 5.29. The quantitative estimate of drug-likeness (QED) is 0.877. The standard InChI is InChI=1S/C10H7ClFN3O2S/c11-10-13-5-4-9(14-10)15-18(16,17)8-3-1-2-7(12)6-8/h1-6H,(H,13,14,15). The van der Waals surface area contributed by atoms with Crippen LogP contribution in [0.4, 0.5) is 10.2 Å². The Balaban J connectivity index is 2.33. The van der Waals surface area contributed by atoms with Gasteiger partial charge < -0.3 is 0 Å². The van der Waals surface area contributed by atoms with Gasteiger partial charge in [-0.2, -0.15) is 4.98 Å². The highest BCUT2D eigenvalue weighted by atomic mass is 35.5. The van der Waals surface area contributed by atoms with Gasteiger partial charge in [0, 0.05) is 6.20 Å². The van der Waals surface area contributed by atoms with Crippen LogP contribution in [0.2, 0.25) is 5.28 Å². The van der Waals surface area contributed by atoms with Crippen molar-refractivity contribution in [1.29, 1.82) is 0 Å². The Morgan fingerprint density at radius 2 is 2.06 bits per heavy atom. The summed E-state index contributed by atoms with van der Waals surface area (Å²) in [5, 5.41) is -0.0885. The molecule has 8 heteroatoms. The van der Waals surface area contributed by atoms with Gasteiger partial charge in [0.2, 0.25) is 5.28 Å². The Kier molecular flexibility index (Phi) is 3.44. The third-order valence-corrected chi connectivity index (χ3v) is 3.51. The number of nitrogens with zero attached hydrogens (tertiary/aromatic N) is 2. The van der Waals surface area contributed by atoms with E-state index < -0.39 is 15.8 Å². The van der Waals surface area contributed by atoms with E-state index in [1.165, 1.54) is 24.4 Å². The molecule has 0 fully saturated rings. The molecule has 18 heavy (non-hydrogen) atoms. The zero-order chi connectivity index (χ0) is 13.2. The molecule has 0 atom stereocenters. The van der Waals surface area contributed by atoms with Crippen LogP contribution in [0.5, 0.6) is 0 Å². The molecule has 0 saturated carbocycles. The van der Waals surface area contributed by atoms with E-state index in [2.05, 4.69) is 14.7 Å². The molecule has 1 N–H and O–H groups in total. The average molecular weight is 288 g/mol. The van der Waals surface area contributed by atoms with Gasteiger partial charge in [0.15, 0.2) is 0 Å². The number of hydrogen-bond acceptors (Lipinski definition) is 4. The van der Waals surface area contributed by atoms with E-state index in [0.29, 0.717) is 0 Å². The van der Waals surface area contributed by atoms with Crippen molar-refractivity contribution in [2.45, 2.75) is 4.90 Å². The highest BCUT2D eigenvalue weighted by Crippen LogP contribution is 2.15. The molecular formula is C10H7ClFN3O2S. The predicted molar refractivity (Wildman–Crippen MR) is 64.3 cm³/mol. The number of sulfonamides is 1. The van der Waals surface area contributed by atoms with E-state index in [4.69, 9.17) is 11.6 Å². The zero-order valence-electron chi connectivity index (χ0n) is 8.84. The second kappa shape index (κ2) is 4.87. The molecule has 0 saturated heterocycles. The molecule has 0 radical (unpaired) electrons. The van der Waals surface area contributed by atoms with E-state index in [1.807, 2.05) is 0 Å². The van der Waals surface area contributed by atoms with Crippen molar-refractivity contribution in [3.63, 3.8) is 0 Å². The SMILES string of the molecule is O=S(=O)(Nc1ccnc(Cl)n1)c1cccc(F)c1. The third-order valence-electron chi connectivity index (χ3n) is 1.97. The van der Waals surface area contributed by atoms with Gasteiger partial charge in [0.05, 0.1) is 4.90 Å². The number of nitrogens with one attached hydrogen (secondary N) is 1. The number of aromatic nitrogens is 2. The van der Waals surface area contributed by atoms with Crippen LogP contribution < -0.4 is 4.72 Å². The Morgan fingerprint density at radius 3 is 2.72 bits per heavy atom. The summed E-state index contributed by atoms with van der Waals surface area (Å²) >= 11 is 5.53.